The van der Waals surface area contributed by atoms with Crippen molar-refractivity contribution in [1.82, 2.24) is 5.32 Å². The van der Waals surface area contributed by atoms with Crippen LogP contribution in [-0.2, 0) is 14.6 Å². The smallest absolute Gasteiger partial charge is 0.221 e. The Balaban J connectivity index is 1.51. The van der Waals surface area contributed by atoms with Gasteiger partial charge in [-0.15, -0.1) is 0 Å². The van der Waals surface area contributed by atoms with Crippen LogP contribution in [0.3, 0.4) is 0 Å². The van der Waals surface area contributed by atoms with E-state index in [1.54, 1.807) is 24.3 Å². The van der Waals surface area contributed by atoms with Crippen molar-refractivity contribution in [3.8, 4) is 0 Å². The molecule has 0 spiro atoms. The molecule has 5 heteroatoms. The molecular formula is C19H27NO3S. The van der Waals surface area contributed by atoms with E-state index >= 15 is 0 Å². The van der Waals surface area contributed by atoms with Crippen LogP contribution in [0.1, 0.15) is 44.6 Å². The third-order valence-corrected chi connectivity index (χ3v) is 7.53. The van der Waals surface area contributed by atoms with Crippen molar-refractivity contribution in [2.75, 3.05) is 5.75 Å². The molecule has 24 heavy (non-hydrogen) atoms. The quantitative estimate of drug-likeness (QED) is 0.858. The van der Waals surface area contributed by atoms with E-state index in [1.807, 2.05) is 6.92 Å². The molecule has 1 aromatic carbocycles. The van der Waals surface area contributed by atoms with E-state index in [2.05, 4.69) is 12.2 Å². The maximum absolute atomic E-state index is 12.3. The first kappa shape index (κ1) is 17.5. The summed E-state index contributed by atoms with van der Waals surface area (Å²) in [4.78, 5) is 12.5. The molecule has 2 aliphatic carbocycles. The molecule has 2 saturated carbocycles. The van der Waals surface area contributed by atoms with Crippen LogP contribution in [-0.4, -0.2) is 26.1 Å². The fourth-order valence-electron chi connectivity index (χ4n) is 4.43. The fraction of sp³-hybridized carbons (Fsp3) is 0.632. The zero-order valence-corrected chi connectivity index (χ0v) is 15.3. The Morgan fingerprint density at radius 1 is 1.21 bits per heavy atom. The van der Waals surface area contributed by atoms with Crippen molar-refractivity contribution < 1.29 is 13.2 Å². The second-order valence-corrected chi connectivity index (χ2v) is 9.69. The highest BCUT2D eigenvalue weighted by atomic mass is 32.2. The number of rotatable bonds is 6. The highest BCUT2D eigenvalue weighted by molar-refractivity contribution is 7.91. The van der Waals surface area contributed by atoms with Crippen LogP contribution in [0.15, 0.2) is 29.2 Å². The predicted molar refractivity (Wildman–Crippen MR) is 94.4 cm³/mol. The van der Waals surface area contributed by atoms with Gasteiger partial charge in [-0.3, -0.25) is 4.79 Å². The minimum absolute atomic E-state index is 0.0291. The Morgan fingerprint density at radius 2 is 1.92 bits per heavy atom. The van der Waals surface area contributed by atoms with Crippen LogP contribution in [0.25, 0.3) is 0 Å². The first-order valence-electron chi connectivity index (χ1n) is 8.94. The largest absolute Gasteiger partial charge is 0.353 e. The van der Waals surface area contributed by atoms with Crippen molar-refractivity contribution in [1.29, 1.82) is 0 Å². The monoisotopic (exact) mass is 349 g/mol. The van der Waals surface area contributed by atoms with Gasteiger partial charge in [-0.05, 0) is 63.0 Å². The topological polar surface area (TPSA) is 63.2 Å². The van der Waals surface area contributed by atoms with Gasteiger partial charge >= 0.3 is 0 Å². The first-order valence-corrected chi connectivity index (χ1v) is 10.6. The highest BCUT2D eigenvalue weighted by Gasteiger charge is 2.42. The number of nitrogens with one attached hydrogen (secondary N) is 1. The fourth-order valence-corrected chi connectivity index (χ4v) is 5.67. The summed E-state index contributed by atoms with van der Waals surface area (Å²) in [5.74, 6) is 1.89. The van der Waals surface area contributed by atoms with Crippen molar-refractivity contribution in [3.05, 3.63) is 29.8 Å². The number of hydrogen-bond donors (Lipinski definition) is 1. The molecular weight excluding hydrogens is 322 g/mol. The molecule has 2 aliphatic rings. The third-order valence-electron chi connectivity index (χ3n) is 5.80. The Morgan fingerprint density at radius 3 is 2.50 bits per heavy atom. The molecule has 2 bridgehead atoms. The van der Waals surface area contributed by atoms with Gasteiger partial charge in [-0.2, -0.15) is 0 Å². The lowest BCUT2D eigenvalue weighted by Crippen LogP contribution is -2.40. The van der Waals surface area contributed by atoms with Gasteiger partial charge in [-0.1, -0.05) is 24.1 Å². The number of aryl methyl sites for hydroxylation is 1. The molecule has 0 aromatic heterocycles. The Labute approximate surface area is 145 Å². The summed E-state index contributed by atoms with van der Waals surface area (Å²) in [6.45, 7) is 3.98. The Hall–Kier alpha value is -1.36. The van der Waals surface area contributed by atoms with Crippen molar-refractivity contribution in [2.45, 2.75) is 56.9 Å². The normalized spacial score (nSPS) is 27.2. The maximum Gasteiger partial charge on any atom is 0.221 e. The molecule has 4 nitrogen and oxygen atoms in total. The molecule has 4 unspecified atom stereocenters. The van der Waals surface area contributed by atoms with Crippen LogP contribution in [0.4, 0.5) is 0 Å². The zero-order chi connectivity index (χ0) is 17.3. The van der Waals surface area contributed by atoms with Crippen molar-refractivity contribution in [2.24, 2.45) is 17.8 Å². The summed E-state index contributed by atoms with van der Waals surface area (Å²) in [7, 11) is -3.40. The predicted octanol–water partition coefficient (Wildman–Crippen LogP) is 3.10. The first-order chi connectivity index (χ1) is 11.3. The van der Waals surface area contributed by atoms with E-state index in [9.17, 15) is 13.2 Å². The van der Waals surface area contributed by atoms with Crippen LogP contribution in [0.5, 0.6) is 0 Å². The van der Waals surface area contributed by atoms with Crippen molar-refractivity contribution in [3.63, 3.8) is 0 Å². The van der Waals surface area contributed by atoms with E-state index in [1.165, 1.54) is 25.7 Å². The summed E-state index contributed by atoms with van der Waals surface area (Å²) in [6.07, 6.45) is 5.19. The molecule has 3 rings (SSSR count). The van der Waals surface area contributed by atoms with E-state index in [4.69, 9.17) is 0 Å². The van der Waals surface area contributed by atoms with E-state index in [-0.39, 0.29) is 24.1 Å². The van der Waals surface area contributed by atoms with Crippen LogP contribution < -0.4 is 5.32 Å². The minimum atomic E-state index is -3.40. The van der Waals surface area contributed by atoms with Gasteiger partial charge in [0.25, 0.3) is 0 Å². The lowest BCUT2D eigenvalue weighted by molar-refractivity contribution is -0.121. The Bertz CT molecular complexity index is 696. The SMILES string of the molecule is Cc1ccc(S(=O)(=O)CCC(=O)NC(C)C2CC3CCC2C3)cc1. The van der Waals surface area contributed by atoms with Gasteiger partial charge in [0, 0.05) is 12.5 Å². The summed E-state index contributed by atoms with van der Waals surface area (Å²) in [5, 5.41) is 3.04. The summed E-state index contributed by atoms with van der Waals surface area (Å²) in [5.41, 5.74) is 1.02. The van der Waals surface area contributed by atoms with Gasteiger partial charge < -0.3 is 5.32 Å². The van der Waals surface area contributed by atoms with Crippen molar-refractivity contribution >= 4 is 15.7 Å². The second-order valence-electron chi connectivity index (χ2n) is 7.58. The lowest BCUT2D eigenvalue weighted by Gasteiger charge is -2.28. The van der Waals surface area contributed by atoms with Crippen LogP contribution >= 0.6 is 0 Å². The number of carbonyl (C=O) groups is 1. The van der Waals surface area contributed by atoms with Gasteiger partial charge in [-0.25, -0.2) is 8.42 Å². The average molecular weight is 349 g/mol. The van der Waals surface area contributed by atoms with Crippen LogP contribution in [0.2, 0.25) is 0 Å². The maximum atomic E-state index is 12.3. The molecule has 0 aliphatic heterocycles. The molecule has 132 valence electrons. The number of hydrogen-bond acceptors (Lipinski definition) is 3. The summed E-state index contributed by atoms with van der Waals surface area (Å²) >= 11 is 0. The molecule has 1 N–H and O–H groups in total. The van der Waals surface area contributed by atoms with Gasteiger partial charge in [0.15, 0.2) is 9.84 Å². The van der Waals surface area contributed by atoms with Crippen LogP contribution in [0, 0.1) is 24.7 Å². The number of fused-ring (bicyclic) bond motifs is 2. The Kier molecular flexibility index (Phi) is 5.00. The molecule has 4 atom stereocenters. The number of benzene rings is 1. The summed E-state index contributed by atoms with van der Waals surface area (Å²) < 4.78 is 24.6. The van der Waals surface area contributed by atoms with Gasteiger partial charge in [0.05, 0.1) is 10.6 Å². The zero-order valence-electron chi connectivity index (χ0n) is 14.5. The second kappa shape index (κ2) is 6.87. The molecule has 0 heterocycles. The molecule has 1 aromatic rings. The number of carbonyl (C=O) groups excluding carboxylic acids is 1. The van der Waals surface area contributed by atoms with E-state index in [0.29, 0.717) is 10.8 Å². The number of amides is 1. The third kappa shape index (κ3) is 3.82. The van der Waals surface area contributed by atoms with Gasteiger partial charge in [0.1, 0.15) is 0 Å². The molecule has 1 amide bonds. The lowest BCUT2D eigenvalue weighted by atomic mass is 9.84. The summed E-state index contributed by atoms with van der Waals surface area (Å²) in [6, 6.07) is 6.93. The molecule has 0 radical (unpaired) electrons. The molecule has 2 fully saturated rings. The van der Waals surface area contributed by atoms with E-state index < -0.39 is 9.84 Å². The average Bonchev–Trinajstić information content (AvgIpc) is 3.16. The highest BCUT2D eigenvalue weighted by Crippen LogP contribution is 2.49. The molecule has 0 saturated heterocycles. The minimum Gasteiger partial charge on any atom is -0.353 e. The standard InChI is InChI=1S/C19H27NO3S/c1-13-3-7-17(8-4-13)24(22,23)10-9-19(21)20-14(2)18-12-15-5-6-16(18)11-15/h3-4,7-8,14-16,18H,5-6,9-12H2,1-2H3,(H,20,21). The number of sulfone groups is 1. The van der Waals surface area contributed by atoms with Gasteiger partial charge in [0.2, 0.25) is 5.91 Å². The van der Waals surface area contributed by atoms with E-state index in [0.717, 1.165) is 17.4 Å².